The number of aromatic nitrogens is 1. The molecule has 1 aromatic heterocycles. The zero-order valence-corrected chi connectivity index (χ0v) is 9.54. The van der Waals surface area contributed by atoms with Gasteiger partial charge < -0.3 is 10.8 Å². The van der Waals surface area contributed by atoms with Gasteiger partial charge in [-0.2, -0.15) is 0 Å². The molecule has 1 heterocycles. The lowest BCUT2D eigenvalue weighted by Gasteiger charge is -2.10. The molecule has 0 fully saturated rings. The number of rotatable bonds is 2. The Balaban J connectivity index is 3.20. The fourth-order valence-electron chi connectivity index (χ4n) is 0.842. The Bertz CT molecular complexity index is 323. The highest BCUT2D eigenvalue weighted by Gasteiger charge is 2.19. The van der Waals surface area contributed by atoms with E-state index in [-0.39, 0.29) is 0 Å². The van der Waals surface area contributed by atoms with Crippen molar-refractivity contribution in [2.24, 2.45) is 5.73 Å². The van der Waals surface area contributed by atoms with Crippen molar-refractivity contribution >= 4 is 37.8 Å². The van der Waals surface area contributed by atoms with Crippen molar-refractivity contribution in [3.8, 4) is 0 Å². The van der Waals surface area contributed by atoms with Crippen LogP contribution in [0.3, 0.4) is 0 Å². The highest BCUT2D eigenvalue weighted by Crippen LogP contribution is 2.28. The van der Waals surface area contributed by atoms with E-state index in [1.807, 2.05) is 0 Å². The monoisotopic (exact) mass is 308 g/mol. The molecule has 0 aliphatic heterocycles. The van der Waals surface area contributed by atoms with Crippen LogP contribution in [0.25, 0.3) is 0 Å². The molecule has 1 rings (SSSR count). The number of nitrogens with zero attached hydrogens (tertiary/aromatic N) is 1. The van der Waals surface area contributed by atoms with Gasteiger partial charge in [0.2, 0.25) is 0 Å². The van der Waals surface area contributed by atoms with Gasteiger partial charge in [-0.05, 0) is 31.9 Å². The molecule has 3 N–H and O–H groups in total. The number of carbonyl (C=O) groups is 1. The average molecular weight is 310 g/mol. The fourth-order valence-corrected chi connectivity index (χ4v) is 2.26. The molecule has 0 aromatic carbocycles. The molecule has 0 amide bonds. The second kappa shape index (κ2) is 4.17. The molecule has 0 saturated heterocycles. The summed E-state index contributed by atoms with van der Waals surface area (Å²) in [5, 5.41) is 8.70. The molecule has 1 atom stereocenters. The van der Waals surface area contributed by atoms with Crippen LogP contribution < -0.4 is 5.73 Å². The van der Waals surface area contributed by atoms with Crippen LogP contribution in [0.1, 0.15) is 11.6 Å². The molecule has 0 bridgehead atoms. The maximum absolute atomic E-state index is 10.6. The Morgan fingerprint density at radius 1 is 1.46 bits per heavy atom. The number of aliphatic carboxylic acids is 1. The smallest absolute Gasteiger partial charge is 0.325 e. The molecule has 0 saturated carbocycles. The van der Waals surface area contributed by atoms with Crippen molar-refractivity contribution in [1.29, 1.82) is 0 Å². The van der Waals surface area contributed by atoms with Gasteiger partial charge in [-0.1, -0.05) is 0 Å². The summed E-state index contributed by atoms with van der Waals surface area (Å²) in [6.45, 7) is 0. The van der Waals surface area contributed by atoms with Crippen LogP contribution in [0.2, 0.25) is 0 Å². The summed E-state index contributed by atoms with van der Waals surface area (Å²) in [6, 6.07) is -1.05. The van der Waals surface area contributed by atoms with Crippen molar-refractivity contribution in [2.45, 2.75) is 6.04 Å². The van der Waals surface area contributed by atoms with Crippen LogP contribution in [-0.4, -0.2) is 16.1 Å². The molecule has 0 radical (unpaired) electrons. The van der Waals surface area contributed by atoms with Crippen molar-refractivity contribution in [1.82, 2.24) is 4.98 Å². The van der Waals surface area contributed by atoms with Gasteiger partial charge in [0, 0.05) is 26.9 Å². The molecule has 0 aliphatic carbocycles. The number of carboxylic acids is 1. The molecule has 4 nitrogen and oxygen atoms in total. The minimum atomic E-state index is -1.08. The van der Waals surface area contributed by atoms with Crippen LogP contribution in [-0.2, 0) is 4.79 Å². The second-order valence-electron chi connectivity index (χ2n) is 2.33. The molecule has 1 unspecified atom stereocenters. The number of carboxylic acid groups (broad SMARTS) is 1. The van der Waals surface area contributed by atoms with Crippen molar-refractivity contribution in [2.75, 3.05) is 0 Å². The Labute approximate surface area is 91.4 Å². The van der Waals surface area contributed by atoms with Crippen LogP contribution in [0.4, 0.5) is 0 Å². The molecular formula is C7H6Br2N2O2. The Kier molecular flexibility index (Phi) is 3.40. The minimum Gasteiger partial charge on any atom is -0.480 e. The first kappa shape index (κ1) is 10.6. The zero-order valence-electron chi connectivity index (χ0n) is 6.37. The Morgan fingerprint density at radius 3 is 2.31 bits per heavy atom. The third-order valence-corrected chi connectivity index (χ3v) is 2.73. The van der Waals surface area contributed by atoms with E-state index in [9.17, 15) is 4.79 Å². The number of pyridine rings is 1. The van der Waals surface area contributed by atoms with E-state index in [4.69, 9.17) is 10.8 Å². The lowest BCUT2D eigenvalue weighted by atomic mass is 10.1. The first-order valence-electron chi connectivity index (χ1n) is 3.31. The van der Waals surface area contributed by atoms with Crippen LogP contribution in [0, 0.1) is 0 Å². The van der Waals surface area contributed by atoms with Gasteiger partial charge in [0.15, 0.2) is 0 Å². The molecular weight excluding hydrogens is 304 g/mol. The van der Waals surface area contributed by atoms with Crippen molar-refractivity contribution in [3.63, 3.8) is 0 Å². The van der Waals surface area contributed by atoms with E-state index in [1.54, 1.807) is 0 Å². The van der Waals surface area contributed by atoms with E-state index < -0.39 is 12.0 Å². The largest absolute Gasteiger partial charge is 0.480 e. The SMILES string of the molecule is NC(C(=O)O)c1c(Br)cncc1Br. The summed E-state index contributed by atoms with van der Waals surface area (Å²) in [5.41, 5.74) is 5.94. The molecule has 6 heteroatoms. The first-order chi connectivity index (χ1) is 6.04. The van der Waals surface area contributed by atoms with Gasteiger partial charge in [-0.25, -0.2) is 0 Å². The summed E-state index contributed by atoms with van der Waals surface area (Å²) in [4.78, 5) is 14.5. The number of nitrogens with two attached hydrogens (primary N) is 1. The Hall–Kier alpha value is -0.460. The van der Waals surface area contributed by atoms with E-state index >= 15 is 0 Å². The van der Waals surface area contributed by atoms with Crippen LogP contribution >= 0.6 is 31.9 Å². The summed E-state index contributed by atoms with van der Waals surface area (Å²) >= 11 is 6.36. The highest BCUT2D eigenvalue weighted by molar-refractivity contribution is 9.11. The predicted octanol–water partition coefficient (Wildman–Crippen LogP) is 1.69. The second-order valence-corrected chi connectivity index (χ2v) is 4.04. The summed E-state index contributed by atoms with van der Waals surface area (Å²) in [7, 11) is 0. The van der Waals surface area contributed by atoms with Gasteiger partial charge in [0.25, 0.3) is 0 Å². The van der Waals surface area contributed by atoms with Gasteiger partial charge in [-0.3, -0.25) is 9.78 Å². The topological polar surface area (TPSA) is 76.2 Å². The molecule has 13 heavy (non-hydrogen) atoms. The number of halogens is 2. The van der Waals surface area contributed by atoms with Gasteiger partial charge in [-0.15, -0.1) is 0 Å². The fraction of sp³-hybridized carbons (Fsp3) is 0.143. The summed E-state index contributed by atoms with van der Waals surface area (Å²) < 4.78 is 1.16. The first-order valence-corrected chi connectivity index (χ1v) is 4.90. The van der Waals surface area contributed by atoms with Crippen molar-refractivity contribution < 1.29 is 9.90 Å². The number of hydrogen-bond donors (Lipinski definition) is 2. The predicted molar refractivity (Wildman–Crippen MR) is 54.2 cm³/mol. The quantitative estimate of drug-likeness (QED) is 0.871. The molecule has 0 aliphatic rings. The van der Waals surface area contributed by atoms with Gasteiger partial charge in [0.05, 0.1) is 0 Å². The third-order valence-electron chi connectivity index (χ3n) is 1.47. The maximum atomic E-state index is 10.6. The van der Waals surface area contributed by atoms with Gasteiger partial charge in [0.1, 0.15) is 6.04 Å². The van der Waals surface area contributed by atoms with E-state index in [2.05, 4.69) is 36.8 Å². The molecule has 70 valence electrons. The van der Waals surface area contributed by atoms with E-state index in [0.717, 1.165) is 0 Å². The van der Waals surface area contributed by atoms with E-state index in [0.29, 0.717) is 14.5 Å². The lowest BCUT2D eigenvalue weighted by molar-refractivity contribution is -0.138. The normalized spacial score (nSPS) is 12.5. The zero-order chi connectivity index (χ0) is 10.0. The minimum absolute atomic E-state index is 0.488. The standard InChI is InChI=1S/C7H6Br2N2O2/c8-3-1-11-2-4(9)5(3)6(10)7(12)13/h1-2,6H,10H2,(H,12,13). The Morgan fingerprint density at radius 2 is 1.92 bits per heavy atom. The summed E-state index contributed by atoms with van der Waals surface area (Å²) in [5.74, 6) is -1.08. The van der Waals surface area contributed by atoms with Gasteiger partial charge >= 0.3 is 5.97 Å². The lowest BCUT2D eigenvalue weighted by Crippen LogP contribution is -2.21. The maximum Gasteiger partial charge on any atom is 0.325 e. The average Bonchev–Trinajstić information content (AvgIpc) is 2.03. The number of hydrogen-bond acceptors (Lipinski definition) is 3. The highest BCUT2D eigenvalue weighted by atomic mass is 79.9. The molecule has 1 aromatic rings. The van der Waals surface area contributed by atoms with Crippen LogP contribution in [0.15, 0.2) is 21.3 Å². The third kappa shape index (κ3) is 2.26. The van der Waals surface area contributed by atoms with Crippen molar-refractivity contribution in [3.05, 3.63) is 26.9 Å². The molecule has 0 spiro atoms. The van der Waals surface area contributed by atoms with Crippen LogP contribution in [0.5, 0.6) is 0 Å². The summed E-state index contributed by atoms with van der Waals surface area (Å²) in [6.07, 6.45) is 3.01. The van der Waals surface area contributed by atoms with E-state index in [1.165, 1.54) is 12.4 Å².